The van der Waals surface area contributed by atoms with E-state index in [0.717, 1.165) is 29.7 Å². The van der Waals surface area contributed by atoms with Crippen molar-refractivity contribution in [2.24, 2.45) is 5.92 Å². The number of hydrogen-bond acceptors (Lipinski definition) is 2. The highest BCUT2D eigenvalue weighted by Crippen LogP contribution is 2.50. The maximum atomic E-state index is 13.3. The van der Waals surface area contributed by atoms with Crippen molar-refractivity contribution in [3.05, 3.63) is 93.7 Å². The minimum absolute atomic E-state index is 0.174. The second-order valence-corrected chi connectivity index (χ2v) is 8.72. The van der Waals surface area contributed by atoms with Crippen LogP contribution in [0.2, 0.25) is 10.0 Å². The molecule has 31 heavy (non-hydrogen) atoms. The Kier molecular flexibility index (Phi) is 5.09. The highest BCUT2D eigenvalue weighted by molar-refractivity contribution is 6.31. The van der Waals surface area contributed by atoms with E-state index in [0.29, 0.717) is 22.3 Å². The Morgan fingerprint density at radius 2 is 1.84 bits per heavy atom. The van der Waals surface area contributed by atoms with Crippen LogP contribution in [0.3, 0.4) is 0 Å². The largest absolute Gasteiger partial charge is 0.323 e. The molecule has 5 rings (SSSR count). The van der Waals surface area contributed by atoms with Crippen molar-refractivity contribution in [2.45, 2.75) is 24.9 Å². The Labute approximate surface area is 191 Å². The number of halogens is 2. The fraction of sp³-hybridized carbons (Fsp3) is 0.200. The zero-order valence-electron chi connectivity index (χ0n) is 16.6. The lowest BCUT2D eigenvalue weighted by Crippen LogP contribution is -2.56. The van der Waals surface area contributed by atoms with Gasteiger partial charge in [-0.25, -0.2) is 9.78 Å². The lowest BCUT2D eigenvalue weighted by Gasteiger charge is -2.41. The van der Waals surface area contributed by atoms with Gasteiger partial charge in [0.15, 0.2) is 0 Å². The fourth-order valence-electron chi connectivity index (χ4n) is 4.04. The Hall–Kier alpha value is -3.00. The molecule has 2 heterocycles. The monoisotopic (exact) mass is 447 g/mol. The third kappa shape index (κ3) is 3.87. The van der Waals surface area contributed by atoms with Crippen LogP contribution in [0.5, 0.6) is 0 Å². The van der Waals surface area contributed by atoms with Crippen LogP contribution in [0.4, 0.5) is 10.5 Å². The van der Waals surface area contributed by atoms with Crippen LogP contribution in [0.15, 0.2) is 66.9 Å². The van der Waals surface area contributed by atoms with Gasteiger partial charge in [0.1, 0.15) is 11.2 Å². The Morgan fingerprint density at radius 1 is 1.06 bits per heavy atom. The zero-order chi connectivity index (χ0) is 21.4. The van der Waals surface area contributed by atoms with Crippen molar-refractivity contribution < 1.29 is 4.79 Å². The Balaban J connectivity index is 1.60. The van der Waals surface area contributed by atoms with Crippen LogP contribution in [0.25, 0.3) is 0 Å². The van der Waals surface area contributed by atoms with Gasteiger partial charge in [0.25, 0.3) is 0 Å². The van der Waals surface area contributed by atoms with Crippen LogP contribution in [0.1, 0.15) is 29.7 Å². The van der Waals surface area contributed by atoms with Crippen molar-refractivity contribution in [3.63, 3.8) is 0 Å². The van der Waals surface area contributed by atoms with Gasteiger partial charge in [0.2, 0.25) is 0 Å². The normalized spacial score (nSPS) is 19.8. The molecular weight excluding hydrogens is 429 g/mol. The first-order chi connectivity index (χ1) is 15.0. The number of carbonyl (C=O) groups excluding carboxylic acids is 1. The number of aromatic nitrogens is 1. The summed E-state index contributed by atoms with van der Waals surface area (Å²) in [5.41, 5.74) is 2.62. The first-order valence-corrected chi connectivity index (χ1v) is 10.9. The molecule has 0 bridgehead atoms. The molecule has 154 valence electrons. The van der Waals surface area contributed by atoms with Gasteiger partial charge in [0, 0.05) is 21.8 Å². The van der Waals surface area contributed by atoms with Crippen LogP contribution in [-0.4, -0.2) is 11.0 Å². The number of carbonyl (C=O) groups is 1. The first kappa shape index (κ1) is 19.9. The number of nitrogens with one attached hydrogen (secondary N) is 1. The summed E-state index contributed by atoms with van der Waals surface area (Å²) in [4.78, 5) is 19.4. The summed E-state index contributed by atoms with van der Waals surface area (Å²) in [5.74, 6) is 6.79. The van der Waals surface area contributed by atoms with Gasteiger partial charge >= 0.3 is 6.03 Å². The van der Waals surface area contributed by atoms with Gasteiger partial charge in [-0.15, -0.1) is 0 Å². The van der Waals surface area contributed by atoms with Crippen molar-refractivity contribution in [1.29, 1.82) is 0 Å². The molecule has 0 unspecified atom stereocenters. The number of hydrogen-bond donors (Lipinski definition) is 1. The van der Waals surface area contributed by atoms with E-state index in [4.69, 9.17) is 23.2 Å². The van der Waals surface area contributed by atoms with Crippen molar-refractivity contribution in [3.8, 4) is 11.8 Å². The predicted molar refractivity (Wildman–Crippen MR) is 123 cm³/mol. The average molecular weight is 448 g/mol. The standard InChI is InChI=1S/C25H19Cl2N3O/c26-19-8-4-17(5-9-19)16-30-23-11-10-20(27)15-22(23)25(18-6-7-18,29-24(30)31)13-12-21-3-1-2-14-28-21/h1-5,8-11,14-15,18H,6-7,16H2,(H,29,31)/t25-/m1/s1. The van der Waals surface area contributed by atoms with Gasteiger partial charge in [-0.05, 0) is 72.7 Å². The van der Waals surface area contributed by atoms with Gasteiger partial charge in [-0.2, -0.15) is 0 Å². The van der Waals surface area contributed by atoms with Gasteiger partial charge in [-0.3, -0.25) is 4.90 Å². The molecule has 2 aliphatic rings. The van der Waals surface area contributed by atoms with E-state index in [2.05, 4.69) is 22.1 Å². The van der Waals surface area contributed by atoms with Crippen LogP contribution in [0, 0.1) is 17.8 Å². The van der Waals surface area contributed by atoms with E-state index >= 15 is 0 Å². The smallest absolute Gasteiger partial charge is 0.317 e. The molecule has 0 saturated heterocycles. The Morgan fingerprint density at radius 3 is 2.55 bits per heavy atom. The molecule has 1 N–H and O–H groups in total. The maximum Gasteiger partial charge on any atom is 0.323 e. The fourth-order valence-corrected chi connectivity index (χ4v) is 4.34. The molecule has 1 aromatic heterocycles. The van der Waals surface area contributed by atoms with E-state index in [1.807, 2.05) is 60.7 Å². The van der Waals surface area contributed by atoms with Gasteiger partial charge in [0.05, 0.1) is 12.2 Å². The van der Waals surface area contributed by atoms with E-state index in [1.165, 1.54) is 0 Å². The molecule has 6 heteroatoms. The van der Waals surface area contributed by atoms with E-state index in [9.17, 15) is 4.79 Å². The molecule has 3 aromatic rings. The first-order valence-electron chi connectivity index (χ1n) is 10.1. The molecule has 4 nitrogen and oxygen atoms in total. The second-order valence-electron chi connectivity index (χ2n) is 7.85. The quantitative estimate of drug-likeness (QED) is 0.517. The lowest BCUT2D eigenvalue weighted by atomic mass is 9.82. The molecule has 2 amide bonds. The number of benzene rings is 2. The highest BCUT2D eigenvalue weighted by atomic mass is 35.5. The third-order valence-electron chi connectivity index (χ3n) is 5.72. The zero-order valence-corrected chi connectivity index (χ0v) is 18.1. The summed E-state index contributed by atoms with van der Waals surface area (Å²) in [6.07, 6.45) is 3.71. The summed E-state index contributed by atoms with van der Waals surface area (Å²) in [6, 6.07) is 18.6. The minimum Gasteiger partial charge on any atom is -0.317 e. The third-order valence-corrected chi connectivity index (χ3v) is 6.21. The number of fused-ring (bicyclic) bond motifs is 1. The van der Waals surface area contributed by atoms with Crippen LogP contribution < -0.4 is 10.2 Å². The predicted octanol–water partition coefficient (Wildman–Crippen LogP) is 5.78. The summed E-state index contributed by atoms with van der Waals surface area (Å²) in [7, 11) is 0. The Bertz CT molecular complexity index is 1200. The molecule has 0 radical (unpaired) electrons. The molecular formula is C25H19Cl2N3O. The van der Waals surface area contributed by atoms with E-state index < -0.39 is 5.54 Å². The van der Waals surface area contributed by atoms with Crippen LogP contribution >= 0.6 is 23.2 Å². The lowest BCUT2D eigenvalue weighted by molar-refractivity contribution is 0.231. The summed E-state index contributed by atoms with van der Waals surface area (Å²) in [5, 5.41) is 4.51. The van der Waals surface area contributed by atoms with E-state index in [1.54, 1.807) is 11.1 Å². The molecule has 1 fully saturated rings. The minimum atomic E-state index is -0.786. The van der Waals surface area contributed by atoms with E-state index in [-0.39, 0.29) is 11.9 Å². The van der Waals surface area contributed by atoms with Gasteiger partial charge in [-0.1, -0.05) is 47.3 Å². The van der Waals surface area contributed by atoms with Crippen molar-refractivity contribution >= 4 is 34.9 Å². The maximum absolute atomic E-state index is 13.3. The number of nitrogens with zero attached hydrogens (tertiary/aromatic N) is 2. The summed E-state index contributed by atoms with van der Waals surface area (Å²) in [6.45, 7) is 0.423. The summed E-state index contributed by atoms with van der Waals surface area (Å²) < 4.78 is 0. The second kappa shape index (κ2) is 7.92. The molecule has 1 atom stereocenters. The highest BCUT2D eigenvalue weighted by Gasteiger charge is 2.51. The number of rotatable bonds is 3. The molecule has 1 saturated carbocycles. The number of amides is 2. The average Bonchev–Trinajstić information content (AvgIpc) is 3.63. The van der Waals surface area contributed by atoms with Crippen molar-refractivity contribution in [2.75, 3.05) is 4.90 Å². The van der Waals surface area contributed by atoms with Crippen molar-refractivity contribution in [1.82, 2.24) is 10.3 Å². The SMILES string of the molecule is O=C1N[C@](C#Cc2ccccn2)(C2CC2)c2cc(Cl)ccc2N1Cc1ccc(Cl)cc1. The molecule has 1 aliphatic carbocycles. The molecule has 1 aliphatic heterocycles. The van der Waals surface area contributed by atoms with Crippen LogP contribution in [-0.2, 0) is 12.1 Å². The topological polar surface area (TPSA) is 45.2 Å². The molecule has 2 aromatic carbocycles. The number of anilines is 1. The molecule has 0 spiro atoms. The summed E-state index contributed by atoms with van der Waals surface area (Å²) >= 11 is 12.4. The number of pyridine rings is 1. The van der Waals surface area contributed by atoms with Gasteiger partial charge < -0.3 is 5.32 Å². The number of urea groups is 1.